The van der Waals surface area contributed by atoms with Crippen LogP contribution < -0.4 is 15.4 Å². The molecule has 7 nitrogen and oxygen atoms in total. The molecule has 2 N–H and O–H groups in total. The molecule has 28 heavy (non-hydrogen) atoms. The molecule has 154 valence electrons. The Kier molecular flexibility index (Phi) is 10.6. The summed E-state index contributed by atoms with van der Waals surface area (Å²) in [5, 5.41) is 6.56. The largest absolute Gasteiger partial charge is 0.497 e. The van der Waals surface area contributed by atoms with Gasteiger partial charge < -0.3 is 29.3 Å². The summed E-state index contributed by atoms with van der Waals surface area (Å²) in [6, 6.07) is 11.7. The Hall–Kier alpha value is -2.51. The fourth-order valence-corrected chi connectivity index (χ4v) is 2.46. The number of hydrogen-bond acceptors (Lipinski definition) is 5. The van der Waals surface area contributed by atoms with Crippen LogP contribution in [-0.2, 0) is 22.7 Å². The van der Waals surface area contributed by atoms with Crippen LogP contribution in [0.1, 0.15) is 24.2 Å². The molecule has 7 heteroatoms. The maximum atomic E-state index is 5.70. The molecule has 1 aromatic heterocycles. The fraction of sp³-hybridized carbons (Fsp3) is 0.476. The van der Waals surface area contributed by atoms with E-state index >= 15 is 0 Å². The van der Waals surface area contributed by atoms with Crippen LogP contribution in [0.5, 0.6) is 5.75 Å². The number of hydrogen-bond donors (Lipinski definition) is 2. The summed E-state index contributed by atoms with van der Waals surface area (Å²) in [7, 11) is 3.43. The highest BCUT2D eigenvalue weighted by molar-refractivity contribution is 5.79. The Balaban J connectivity index is 1.44. The summed E-state index contributed by atoms with van der Waals surface area (Å²) < 4.78 is 21.6. The minimum absolute atomic E-state index is 0.510. The van der Waals surface area contributed by atoms with Crippen molar-refractivity contribution in [2.45, 2.75) is 26.1 Å². The van der Waals surface area contributed by atoms with Crippen molar-refractivity contribution in [3.05, 3.63) is 54.0 Å². The number of rotatable bonds is 13. The van der Waals surface area contributed by atoms with E-state index in [-0.39, 0.29) is 0 Å². The molecule has 0 atom stereocenters. The average molecular weight is 389 g/mol. The summed E-state index contributed by atoms with van der Waals surface area (Å²) in [4.78, 5) is 4.21. The smallest absolute Gasteiger partial charge is 0.190 e. The van der Waals surface area contributed by atoms with Crippen molar-refractivity contribution in [2.24, 2.45) is 4.99 Å². The molecule has 0 saturated carbocycles. The lowest BCUT2D eigenvalue weighted by molar-refractivity contribution is 0.105. The van der Waals surface area contributed by atoms with Crippen LogP contribution in [0.3, 0.4) is 0 Å². The van der Waals surface area contributed by atoms with E-state index in [0.29, 0.717) is 26.4 Å². The lowest BCUT2D eigenvalue weighted by Gasteiger charge is -2.12. The highest BCUT2D eigenvalue weighted by atomic mass is 16.5. The number of ether oxygens (including phenoxy) is 3. The molecule has 0 saturated heterocycles. The second-order valence-corrected chi connectivity index (χ2v) is 6.17. The molecule has 0 unspecified atom stereocenters. The van der Waals surface area contributed by atoms with Crippen molar-refractivity contribution in [1.29, 1.82) is 0 Å². The highest BCUT2D eigenvalue weighted by Gasteiger charge is 1.99. The first kappa shape index (κ1) is 21.8. The Morgan fingerprint density at radius 2 is 1.64 bits per heavy atom. The van der Waals surface area contributed by atoms with E-state index < -0.39 is 0 Å². The Bertz CT molecular complexity index is 657. The van der Waals surface area contributed by atoms with Gasteiger partial charge in [-0.2, -0.15) is 0 Å². The van der Waals surface area contributed by atoms with E-state index in [1.165, 1.54) is 0 Å². The molecule has 2 aromatic rings. The van der Waals surface area contributed by atoms with Crippen LogP contribution in [0.2, 0.25) is 0 Å². The SMILES string of the molecule is CN=C(NCCCOCc1ccc(OC)cc1)NCCCOCc1ccco1. The van der Waals surface area contributed by atoms with Gasteiger partial charge in [-0.3, -0.25) is 4.99 Å². The molecular formula is C21H31N3O4. The summed E-state index contributed by atoms with van der Waals surface area (Å²) in [5.74, 6) is 2.50. The molecule has 0 radical (unpaired) electrons. The third kappa shape index (κ3) is 8.92. The third-order valence-electron chi connectivity index (χ3n) is 3.99. The van der Waals surface area contributed by atoms with Crippen molar-refractivity contribution in [1.82, 2.24) is 10.6 Å². The zero-order valence-electron chi connectivity index (χ0n) is 16.8. The van der Waals surface area contributed by atoms with Gasteiger partial charge in [-0.1, -0.05) is 12.1 Å². The second-order valence-electron chi connectivity index (χ2n) is 6.17. The molecule has 0 aliphatic heterocycles. The quantitative estimate of drug-likeness (QED) is 0.312. The number of nitrogens with zero attached hydrogens (tertiary/aromatic N) is 1. The van der Waals surface area contributed by atoms with E-state index in [2.05, 4.69) is 15.6 Å². The van der Waals surface area contributed by atoms with Gasteiger partial charge in [0.25, 0.3) is 0 Å². The molecule has 1 heterocycles. The molecule has 0 spiro atoms. The minimum Gasteiger partial charge on any atom is -0.497 e. The topological polar surface area (TPSA) is 77.3 Å². The molecule has 0 fully saturated rings. The van der Waals surface area contributed by atoms with Crippen molar-refractivity contribution in [2.75, 3.05) is 40.5 Å². The van der Waals surface area contributed by atoms with Gasteiger partial charge in [0.05, 0.1) is 20.0 Å². The van der Waals surface area contributed by atoms with Crippen molar-refractivity contribution >= 4 is 5.96 Å². The molecule has 2 rings (SSSR count). The number of furan rings is 1. The molecule has 0 bridgehead atoms. The summed E-state index contributed by atoms with van der Waals surface area (Å²) >= 11 is 0. The van der Waals surface area contributed by atoms with E-state index in [1.54, 1.807) is 20.4 Å². The zero-order valence-corrected chi connectivity index (χ0v) is 16.8. The van der Waals surface area contributed by atoms with Gasteiger partial charge in [-0.25, -0.2) is 0 Å². The van der Waals surface area contributed by atoms with Crippen molar-refractivity contribution in [3.63, 3.8) is 0 Å². The van der Waals surface area contributed by atoms with E-state index in [1.807, 2.05) is 36.4 Å². The van der Waals surface area contributed by atoms with Crippen LogP contribution in [0.25, 0.3) is 0 Å². The Morgan fingerprint density at radius 3 is 2.21 bits per heavy atom. The van der Waals surface area contributed by atoms with Gasteiger partial charge >= 0.3 is 0 Å². The van der Waals surface area contributed by atoms with Crippen LogP contribution in [-0.4, -0.2) is 46.4 Å². The first-order chi connectivity index (χ1) is 13.8. The van der Waals surface area contributed by atoms with Gasteiger partial charge in [-0.05, 0) is 42.7 Å². The number of aliphatic imine (C=N–C) groups is 1. The van der Waals surface area contributed by atoms with Gasteiger partial charge in [0.1, 0.15) is 18.1 Å². The first-order valence-electron chi connectivity index (χ1n) is 9.57. The number of methoxy groups -OCH3 is 1. The lowest BCUT2D eigenvalue weighted by Crippen LogP contribution is -2.38. The maximum Gasteiger partial charge on any atom is 0.190 e. The first-order valence-corrected chi connectivity index (χ1v) is 9.57. The number of guanidine groups is 1. The van der Waals surface area contributed by atoms with Crippen LogP contribution in [0.4, 0.5) is 0 Å². The number of benzene rings is 1. The molecule has 0 aliphatic carbocycles. The van der Waals surface area contributed by atoms with E-state index in [9.17, 15) is 0 Å². The zero-order chi connectivity index (χ0) is 19.9. The predicted molar refractivity (Wildman–Crippen MR) is 110 cm³/mol. The van der Waals surface area contributed by atoms with Crippen LogP contribution in [0, 0.1) is 0 Å². The number of nitrogens with one attached hydrogen (secondary N) is 2. The van der Waals surface area contributed by atoms with Gasteiger partial charge in [0.15, 0.2) is 5.96 Å². The standard InChI is InChI=1S/C21H31N3O4/c1-22-21(24-12-5-14-27-17-20-6-3-15-28-20)23-11-4-13-26-16-18-7-9-19(25-2)10-8-18/h3,6-10,15H,4-5,11-14,16-17H2,1-2H3,(H2,22,23,24). The fourth-order valence-electron chi connectivity index (χ4n) is 2.46. The summed E-state index contributed by atoms with van der Waals surface area (Å²) in [6.45, 7) is 4.08. The van der Waals surface area contributed by atoms with Crippen LogP contribution in [0.15, 0.2) is 52.1 Å². The average Bonchev–Trinajstić information content (AvgIpc) is 3.25. The van der Waals surface area contributed by atoms with Crippen molar-refractivity contribution < 1.29 is 18.6 Å². The normalized spacial score (nSPS) is 11.4. The van der Waals surface area contributed by atoms with Gasteiger partial charge in [0, 0.05) is 33.4 Å². The van der Waals surface area contributed by atoms with E-state index in [0.717, 1.165) is 49.0 Å². The maximum absolute atomic E-state index is 5.70. The third-order valence-corrected chi connectivity index (χ3v) is 3.99. The summed E-state index contributed by atoms with van der Waals surface area (Å²) in [5.41, 5.74) is 1.14. The van der Waals surface area contributed by atoms with Crippen molar-refractivity contribution in [3.8, 4) is 5.75 Å². The monoisotopic (exact) mass is 389 g/mol. The van der Waals surface area contributed by atoms with Crippen LogP contribution >= 0.6 is 0 Å². The van der Waals surface area contributed by atoms with Gasteiger partial charge in [0.2, 0.25) is 0 Å². The highest BCUT2D eigenvalue weighted by Crippen LogP contribution is 2.11. The van der Waals surface area contributed by atoms with Gasteiger partial charge in [-0.15, -0.1) is 0 Å². The molecular weight excluding hydrogens is 358 g/mol. The predicted octanol–water partition coefficient (Wildman–Crippen LogP) is 2.97. The Morgan fingerprint density at radius 1 is 0.964 bits per heavy atom. The molecule has 1 aromatic carbocycles. The second kappa shape index (κ2) is 13.6. The molecule has 0 aliphatic rings. The molecule has 0 amide bonds. The minimum atomic E-state index is 0.510. The van der Waals surface area contributed by atoms with E-state index in [4.69, 9.17) is 18.6 Å². The lowest BCUT2D eigenvalue weighted by atomic mass is 10.2. The summed E-state index contributed by atoms with van der Waals surface area (Å²) in [6.07, 6.45) is 3.45. The Labute approximate surface area is 167 Å².